The van der Waals surface area contributed by atoms with Gasteiger partial charge in [-0.3, -0.25) is 9.82 Å². The average molecular weight is 299 g/mol. The molecule has 0 aliphatic carbocycles. The Morgan fingerprint density at radius 3 is 2.75 bits per heavy atom. The second-order valence-corrected chi connectivity index (χ2v) is 5.36. The Morgan fingerprint density at radius 2 is 2.15 bits per heavy atom. The van der Waals surface area contributed by atoms with Crippen LogP contribution in [0.15, 0.2) is 35.5 Å². The first-order valence-corrected chi connectivity index (χ1v) is 6.82. The number of halogens is 1. The molecule has 9 heteroatoms. The maximum Gasteiger partial charge on any atom is 0.340 e. The fourth-order valence-electron chi connectivity index (χ4n) is 1.48. The molecule has 0 amide bonds. The van der Waals surface area contributed by atoms with Crippen molar-refractivity contribution in [2.45, 2.75) is 5.03 Å². The molecule has 7 nitrogen and oxygen atoms in total. The van der Waals surface area contributed by atoms with Crippen LogP contribution in [0.5, 0.6) is 0 Å². The first kappa shape index (κ1) is 14.0. The third-order valence-electron chi connectivity index (χ3n) is 2.40. The number of ether oxygens (including phenoxy) is 1. The molecular weight excluding hydrogens is 289 g/mol. The van der Waals surface area contributed by atoms with Gasteiger partial charge in [0.25, 0.3) is 10.0 Å². The van der Waals surface area contributed by atoms with E-state index < -0.39 is 21.8 Å². The number of sulfonamides is 1. The van der Waals surface area contributed by atoms with Crippen LogP contribution in [0.4, 0.5) is 10.1 Å². The van der Waals surface area contributed by atoms with Crippen LogP contribution >= 0.6 is 0 Å². The van der Waals surface area contributed by atoms with Crippen LogP contribution in [0.1, 0.15) is 10.4 Å². The van der Waals surface area contributed by atoms with Gasteiger partial charge in [0, 0.05) is 0 Å². The van der Waals surface area contributed by atoms with Crippen LogP contribution in [0, 0.1) is 5.82 Å². The summed E-state index contributed by atoms with van der Waals surface area (Å²) in [5, 5.41) is 5.62. The summed E-state index contributed by atoms with van der Waals surface area (Å²) in [5.74, 6) is -1.54. The Kier molecular flexibility index (Phi) is 3.70. The molecule has 0 aliphatic heterocycles. The molecule has 106 valence electrons. The Balaban J connectivity index is 2.42. The van der Waals surface area contributed by atoms with E-state index in [2.05, 4.69) is 19.7 Å². The second kappa shape index (κ2) is 5.29. The van der Waals surface area contributed by atoms with Gasteiger partial charge in [-0.2, -0.15) is 13.5 Å². The van der Waals surface area contributed by atoms with Crippen molar-refractivity contribution < 1.29 is 22.3 Å². The van der Waals surface area contributed by atoms with Crippen molar-refractivity contribution in [3.05, 3.63) is 41.8 Å². The van der Waals surface area contributed by atoms with E-state index in [1.54, 1.807) is 0 Å². The molecule has 0 aliphatic rings. The van der Waals surface area contributed by atoms with Gasteiger partial charge < -0.3 is 4.74 Å². The van der Waals surface area contributed by atoms with E-state index in [0.29, 0.717) is 0 Å². The number of benzene rings is 1. The standard InChI is InChI=1S/C11H10FN3O4S/c1-19-11(16)8-6-7(12)2-3-9(8)15-20(17,18)10-4-5-13-14-10/h2-6,15H,1H3,(H,13,14). The molecular formula is C11H10FN3O4S. The number of nitrogens with zero attached hydrogens (tertiary/aromatic N) is 1. The molecule has 20 heavy (non-hydrogen) atoms. The molecule has 1 aromatic heterocycles. The van der Waals surface area contributed by atoms with E-state index in [0.717, 1.165) is 25.3 Å². The zero-order valence-corrected chi connectivity index (χ0v) is 11.1. The molecule has 0 radical (unpaired) electrons. The zero-order chi connectivity index (χ0) is 14.8. The average Bonchev–Trinajstić information content (AvgIpc) is 2.94. The summed E-state index contributed by atoms with van der Waals surface area (Å²) >= 11 is 0. The number of esters is 1. The Morgan fingerprint density at radius 1 is 1.40 bits per heavy atom. The smallest absolute Gasteiger partial charge is 0.340 e. The predicted molar refractivity (Wildman–Crippen MR) is 67.1 cm³/mol. The van der Waals surface area contributed by atoms with Gasteiger partial charge in [-0.05, 0) is 24.3 Å². The van der Waals surface area contributed by atoms with Gasteiger partial charge in [0.05, 0.1) is 24.6 Å². The third kappa shape index (κ3) is 2.77. The minimum Gasteiger partial charge on any atom is -0.465 e. The number of carbonyl (C=O) groups excluding carboxylic acids is 1. The molecule has 2 rings (SSSR count). The van der Waals surface area contributed by atoms with Crippen LogP contribution in [0.25, 0.3) is 0 Å². The molecule has 2 aromatic rings. The molecule has 0 unspecified atom stereocenters. The fourth-order valence-corrected chi connectivity index (χ4v) is 2.47. The SMILES string of the molecule is COC(=O)c1cc(F)ccc1NS(=O)(=O)c1ccn[nH]1. The number of anilines is 1. The Labute approximate surface area is 113 Å². The lowest BCUT2D eigenvalue weighted by Crippen LogP contribution is -2.16. The van der Waals surface area contributed by atoms with Crippen LogP contribution < -0.4 is 4.72 Å². The highest BCUT2D eigenvalue weighted by Gasteiger charge is 2.20. The van der Waals surface area contributed by atoms with Gasteiger partial charge in [-0.1, -0.05) is 0 Å². The third-order valence-corrected chi connectivity index (χ3v) is 3.69. The molecule has 0 atom stereocenters. The van der Waals surface area contributed by atoms with Crippen LogP contribution in [-0.4, -0.2) is 31.7 Å². The van der Waals surface area contributed by atoms with Crippen molar-refractivity contribution in [3.63, 3.8) is 0 Å². The lowest BCUT2D eigenvalue weighted by atomic mass is 10.2. The van der Waals surface area contributed by atoms with Crippen molar-refractivity contribution >= 4 is 21.7 Å². The summed E-state index contributed by atoms with van der Waals surface area (Å²) in [5.41, 5.74) is -0.316. The number of nitrogens with one attached hydrogen (secondary N) is 2. The van der Waals surface area contributed by atoms with E-state index in [9.17, 15) is 17.6 Å². The number of hydrogen-bond acceptors (Lipinski definition) is 5. The summed E-state index contributed by atoms with van der Waals surface area (Å²) < 4.78 is 43.8. The Bertz CT molecular complexity index is 728. The van der Waals surface area contributed by atoms with Crippen molar-refractivity contribution in [2.75, 3.05) is 11.8 Å². The summed E-state index contributed by atoms with van der Waals surface area (Å²) in [7, 11) is -2.83. The molecule has 0 saturated heterocycles. The van der Waals surface area contributed by atoms with E-state index in [-0.39, 0.29) is 16.3 Å². The van der Waals surface area contributed by atoms with Gasteiger partial charge in [0.1, 0.15) is 5.82 Å². The highest BCUT2D eigenvalue weighted by molar-refractivity contribution is 7.92. The summed E-state index contributed by atoms with van der Waals surface area (Å²) in [4.78, 5) is 11.5. The van der Waals surface area contributed by atoms with E-state index >= 15 is 0 Å². The summed E-state index contributed by atoms with van der Waals surface area (Å²) in [6.45, 7) is 0. The molecule has 0 saturated carbocycles. The van der Waals surface area contributed by atoms with Gasteiger partial charge >= 0.3 is 5.97 Å². The molecule has 1 aromatic carbocycles. The summed E-state index contributed by atoms with van der Waals surface area (Å²) in [6, 6.07) is 4.28. The number of H-pyrrole nitrogens is 1. The van der Waals surface area contributed by atoms with Crippen molar-refractivity contribution in [1.82, 2.24) is 10.2 Å². The number of methoxy groups -OCH3 is 1. The lowest BCUT2D eigenvalue weighted by Gasteiger charge is -2.10. The van der Waals surface area contributed by atoms with E-state index in [1.807, 2.05) is 0 Å². The minimum atomic E-state index is -3.95. The quantitative estimate of drug-likeness (QED) is 0.824. The zero-order valence-electron chi connectivity index (χ0n) is 10.3. The number of carbonyl (C=O) groups is 1. The van der Waals surface area contributed by atoms with Gasteiger partial charge in [-0.25, -0.2) is 9.18 Å². The van der Waals surface area contributed by atoms with Gasteiger partial charge in [-0.15, -0.1) is 0 Å². The number of rotatable bonds is 4. The molecule has 0 bridgehead atoms. The first-order valence-electron chi connectivity index (χ1n) is 5.34. The van der Waals surface area contributed by atoms with Crippen LogP contribution in [0.2, 0.25) is 0 Å². The van der Waals surface area contributed by atoms with Crippen molar-refractivity contribution in [3.8, 4) is 0 Å². The highest BCUT2D eigenvalue weighted by atomic mass is 32.2. The number of aromatic nitrogens is 2. The number of aromatic amines is 1. The van der Waals surface area contributed by atoms with Crippen LogP contribution in [0.3, 0.4) is 0 Å². The van der Waals surface area contributed by atoms with Crippen molar-refractivity contribution in [1.29, 1.82) is 0 Å². The van der Waals surface area contributed by atoms with Crippen molar-refractivity contribution in [2.24, 2.45) is 0 Å². The number of hydrogen-bond donors (Lipinski definition) is 2. The summed E-state index contributed by atoms with van der Waals surface area (Å²) in [6.07, 6.45) is 1.26. The maximum atomic E-state index is 13.1. The topological polar surface area (TPSA) is 101 Å². The van der Waals surface area contributed by atoms with Gasteiger partial charge in [0.15, 0.2) is 5.03 Å². The molecule has 0 fully saturated rings. The normalized spacial score (nSPS) is 11.1. The first-order chi connectivity index (χ1) is 9.44. The van der Waals surface area contributed by atoms with E-state index in [4.69, 9.17) is 0 Å². The second-order valence-electron chi connectivity index (χ2n) is 3.71. The predicted octanol–water partition coefficient (Wildman–Crippen LogP) is 1.14. The Hall–Kier alpha value is -2.42. The van der Waals surface area contributed by atoms with Gasteiger partial charge in [0.2, 0.25) is 0 Å². The highest BCUT2D eigenvalue weighted by Crippen LogP contribution is 2.21. The van der Waals surface area contributed by atoms with E-state index in [1.165, 1.54) is 12.3 Å². The maximum absolute atomic E-state index is 13.1. The minimum absolute atomic E-state index is 0.0900. The molecule has 2 N–H and O–H groups in total. The molecule has 0 spiro atoms. The largest absolute Gasteiger partial charge is 0.465 e. The van der Waals surface area contributed by atoms with Crippen LogP contribution in [-0.2, 0) is 14.8 Å². The monoisotopic (exact) mass is 299 g/mol. The fraction of sp³-hybridized carbons (Fsp3) is 0.0909. The molecule has 1 heterocycles. The lowest BCUT2D eigenvalue weighted by molar-refractivity contribution is 0.0601.